The summed E-state index contributed by atoms with van der Waals surface area (Å²) in [6.45, 7) is 5.27. The number of aliphatic hydroxyl groups excluding tert-OH is 1. The summed E-state index contributed by atoms with van der Waals surface area (Å²) in [4.78, 5) is 26.6. The molecule has 42 heavy (non-hydrogen) atoms. The lowest BCUT2D eigenvalue weighted by molar-refractivity contribution is -0.156. The Bertz CT molecular complexity index is 1690. The number of nitrogens with two attached hydrogens (primary N) is 1. The van der Waals surface area contributed by atoms with Crippen LogP contribution in [0.25, 0.3) is 10.8 Å². The molecule has 3 atom stereocenters. The number of nitrogens with zero attached hydrogens (tertiary/aromatic N) is 2. The maximum Gasteiger partial charge on any atom is 0.353 e. The van der Waals surface area contributed by atoms with Crippen molar-refractivity contribution >= 4 is 50.1 Å². The van der Waals surface area contributed by atoms with Crippen LogP contribution < -0.4 is 10.0 Å². The SMILES string of the molecule is C=C(N)CC12CCC(Cc3ccc4c5c(cccc35)N(CC3=C(C(=O)O)N5C(=O)C(C(C)O)C5S3)S4(=O)=O)(CC1)CC2. The number of fused-ring (bicyclic) bond motifs is 4. The second-order valence-electron chi connectivity index (χ2n) is 13.0. The van der Waals surface area contributed by atoms with E-state index in [-0.39, 0.29) is 28.0 Å². The number of sulfonamides is 1. The number of carboxylic acids is 1. The molecular formula is C31H35N3O6S2. The molecular weight excluding hydrogens is 574 g/mol. The Morgan fingerprint density at radius 2 is 1.81 bits per heavy atom. The molecule has 0 aromatic heterocycles. The van der Waals surface area contributed by atoms with Gasteiger partial charge in [-0.3, -0.25) is 14.0 Å². The van der Waals surface area contributed by atoms with Gasteiger partial charge in [0.1, 0.15) is 11.1 Å². The standard InChI is InChI=1S/C31H35N3O6S2/c1-17(32)14-30-8-11-31(12-9-30,13-10-30)15-19-6-7-23-25-20(19)4-3-5-21(25)33(42(23,39)40)16-22-26(29(37)38)34-27(36)24(18(2)35)28(34)41-22/h3-7,18,24,28,35H,1,8-16,32H2,2H3,(H,37,38). The number of allylic oxidation sites excluding steroid dienone is 1. The van der Waals surface area contributed by atoms with Crippen molar-refractivity contribution in [2.24, 2.45) is 22.5 Å². The van der Waals surface area contributed by atoms with E-state index < -0.39 is 39.3 Å². The highest BCUT2D eigenvalue weighted by atomic mass is 32.2. The van der Waals surface area contributed by atoms with Crippen LogP contribution in [0.3, 0.4) is 0 Å². The van der Waals surface area contributed by atoms with E-state index in [0.717, 1.165) is 79.8 Å². The van der Waals surface area contributed by atoms with Gasteiger partial charge >= 0.3 is 5.97 Å². The molecule has 0 spiro atoms. The number of carbonyl (C=O) groups is 2. The van der Waals surface area contributed by atoms with Crippen LogP contribution in [0.2, 0.25) is 0 Å². The molecule has 11 heteroatoms. The van der Waals surface area contributed by atoms with E-state index in [9.17, 15) is 28.2 Å². The van der Waals surface area contributed by atoms with Crippen LogP contribution in [-0.4, -0.2) is 53.4 Å². The third kappa shape index (κ3) is 3.89. The lowest BCUT2D eigenvalue weighted by Gasteiger charge is -2.54. The zero-order valence-corrected chi connectivity index (χ0v) is 25.1. The Hall–Kier alpha value is -3.02. The van der Waals surface area contributed by atoms with E-state index in [1.807, 2.05) is 18.2 Å². The van der Waals surface area contributed by atoms with Crippen molar-refractivity contribution in [1.82, 2.24) is 4.90 Å². The third-order valence-electron chi connectivity index (χ3n) is 10.5. The fourth-order valence-electron chi connectivity index (χ4n) is 8.26. The van der Waals surface area contributed by atoms with Gasteiger partial charge in [-0.15, -0.1) is 0 Å². The minimum absolute atomic E-state index is 0.191. The van der Waals surface area contributed by atoms with E-state index in [0.29, 0.717) is 16.0 Å². The summed E-state index contributed by atoms with van der Waals surface area (Å²) >= 11 is 1.15. The zero-order valence-electron chi connectivity index (χ0n) is 23.5. The fraction of sp³-hybridized carbons (Fsp3) is 0.484. The number of thioether (sulfide) groups is 1. The van der Waals surface area contributed by atoms with Crippen LogP contribution in [0.1, 0.15) is 57.4 Å². The number of hydrogen-bond donors (Lipinski definition) is 3. The van der Waals surface area contributed by atoms with Crippen molar-refractivity contribution in [3.63, 3.8) is 0 Å². The number of carboxylic acid groups (broad SMARTS) is 1. The van der Waals surface area contributed by atoms with Gasteiger partial charge in [0, 0.05) is 16.0 Å². The van der Waals surface area contributed by atoms with Gasteiger partial charge in [-0.05, 0) is 92.2 Å². The number of benzene rings is 2. The molecule has 3 aliphatic carbocycles. The van der Waals surface area contributed by atoms with Crippen molar-refractivity contribution in [1.29, 1.82) is 0 Å². The van der Waals surface area contributed by atoms with Gasteiger partial charge in [-0.25, -0.2) is 13.2 Å². The highest BCUT2D eigenvalue weighted by Crippen LogP contribution is 2.60. The minimum atomic E-state index is -3.96. The van der Waals surface area contributed by atoms with Crippen LogP contribution in [-0.2, 0) is 26.0 Å². The maximum absolute atomic E-state index is 13.9. The smallest absolute Gasteiger partial charge is 0.353 e. The van der Waals surface area contributed by atoms with Gasteiger partial charge in [0.25, 0.3) is 10.0 Å². The molecule has 3 heterocycles. The first-order valence-electron chi connectivity index (χ1n) is 14.5. The number of hydrogen-bond acceptors (Lipinski definition) is 7. The average Bonchev–Trinajstić information content (AvgIpc) is 3.36. The second kappa shape index (κ2) is 9.24. The molecule has 2 aromatic rings. The Balaban J connectivity index is 1.21. The van der Waals surface area contributed by atoms with Gasteiger partial charge in [0.05, 0.1) is 29.1 Å². The molecule has 3 aliphatic heterocycles. The van der Waals surface area contributed by atoms with Crippen molar-refractivity contribution in [2.45, 2.75) is 74.7 Å². The van der Waals surface area contributed by atoms with Crippen LogP contribution in [0, 0.1) is 16.7 Å². The lowest BCUT2D eigenvalue weighted by Crippen LogP contribution is -2.60. The summed E-state index contributed by atoms with van der Waals surface area (Å²) in [5.74, 6) is -2.46. The first kappa shape index (κ1) is 27.8. The number of β-lactam (4-membered cyclic amide) rings is 1. The largest absolute Gasteiger partial charge is 0.477 e. The zero-order chi connectivity index (χ0) is 29.8. The number of anilines is 1. The highest BCUT2D eigenvalue weighted by molar-refractivity contribution is 8.04. The topological polar surface area (TPSA) is 141 Å². The highest BCUT2D eigenvalue weighted by Gasteiger charge is 2.58. The maximum atomic E-state index is 13.9. The monoisotopic (exact) mass is 609 g/mol. The van der Waals surface area contributed by atoms with E-state index in [4.69, 9.17) is 5.73 Å². The van der Waals surface area contributed by atoms with Gasteiger partial charge < -0.3 is 15.9 Å². The van der Waals surface area contributed by atoms with Crippen LogP contribution in [0.4, 0.5) is 5.69 Å². The fourth-order valence-corrected chi connectivity index (χ4v) is 11.6. The van der Waals surface area contributed by atoms with Crippen molar-refractivity contribution in [2.75, 3.05) is 10.8 Å². The molecule has 1 saturated heterocycles. The molecule has 9 nitrogen and oxygen atoms in total. The molecule has 3 unspecified atom stereocenters. The Labute approximate surface area is 249 Å². The Kier molecular flexibility index (Phi) is 6.11. The first-order valence-corrected chi connectivity index (χ1v) is 16.8. The summed E-state index contributed by atoms with van der Waals surface area (Å²) < 4.78 is 29.1. The first-order chi connectivity index (χ1) is 19.9. The summed E-state index contributed by atoms with van der Waals surface area (Å²) in [6, 6.07) is 9.29. The summed E-state index contributed by atoms with van der Waals surface area (Å²) in [5, 5.41) is 21.1. The number of aliphatic hydroxyl groups is 1. The number of aliphatic carboxylic acids is 1. The minimum Gasteiger partial charge on any atom is -0.477 e. The van der Waals surface area contributed by atoms with E-state index >= 15 is 0 Å². The number of rotatable bonds is 8. The van der Waals surface area contributed by atoms with Gasteiger partial charge in [0.15, 0.2) is 0 Å². The van der Waals surface area contributed by atoms with Crippen molar-refractivity contribution in [3.8, 4) is 0 Å². The summed E-state index contributed by atoms with van der Waals surface area (Å²) in [6.07, 6.45) is 7.64. The van der Waals surface area contributed by atoms with E-state index in [1.54, 1.807) is 12.1 Å². The van der Waals surface area contributed by atoms with E-state index in [2.05, 4.69) is 6.58 Å². The average molecular weight is 610 g/mol. The van der Waals surface area contributed by atoms with Crippen LogP contribution in [0.15, 0.2) is 58.1 Å². The Morgan fingerprint density at radius 1 is 1.14 bits per heavy atom. The van der Waals surface area contributed by atoms with Crippen LogP contribution in [0.5, 0.6) is 0 Å². The molecule has 222 valence electrons. The quantitative estimate of drug-likeness (QED) is 0.376. The Morgan fingerprint density at radius 3 is 2.43 bits per heavy atom. The molecule has 2 bridgehead atoms. The molecule has 0 radical (unpaired) electrons. The second-order valence-corrected chi connectivity index (χ2v) is 16.0. The van der Waals surface area contributed by atoms with Crippen molar-refractivity contribution in [3.05, 3.63) is 58.8 Å². The normalized spacial score (nSPS) is 31.4. The summed E-state index contributed by atoms with van der Waals surface area (Å²) in [5.41, 5.74) is 8.70. The molecule has 3 saturated carbocycles. The molecule has 6 aliphatic rings. The molecule has 4 fully saturated rings. The van der Waals surface area contributed by atoms with Gasteiger partial charge in [-0.1, -0.05) is 36.5 Å². The molecule has 1 amide bonds. The van der Waals surface area contributed by atoms with Crippen molar-refractivity contribution < 1.29 is 28.2 Å². The predicted octanol–water partition coefficient (Wildman–Crippen LogP) is 4.30. The van der Waals surface area contributed by atoms with E-state index in [1.165, 1.54) is 16.1 Å². The van der Waals surface area contributed by atoms with Crippen LogP contribution >= 0.6 is 11.8 Å². The summed E-state index contributed by atoms with van der Waals surface area (Å²) in [7, 11) is -3.96. The third-order valence-corrected chi connectivity index (χ3v) is 13.6. The molecule has 4 N–H and O–H groups in total. The molecule has 2 aromatic carbocycles. The lowest BCUT2D eigenvalue weighted by atomic mass is 9.51. The predicted molar refractivity (Wildman–Crippen MR) is 161 cm³/mol. The van der Waals surface area contributed by atoms with Gasteiger partial charge in [0.2, 0.25) is 5.91 Å². The van der Waals surface area contributed by atoms with Gasteiger partial charge in [-0.2, -0.15) is 0 Å². The number of carbonyl (C=O) groups excluding carboxylic acids is 1. The number of amides is 1. The molecule has 8 rings (SSSR count).